The fourth-order valence-corrected chi connectivity index (χ4v) is 3.28. The van der Waals surface area contributed by atoms with E-state index in [1.165, 1.54) is 11.3 Å². The Hall–Kier alpha value is -2.51. The van der Waals surface area contributed by atoms with E-state index < -0.39 is 0 Å². The quantitative estimate of drug-likeness (QED) is 0.746. The SMILES string of the molecule is N#Cc1cccnc1N1CCc2[nH]c3ccc(Cl)cc3c2C1. The number of anilines is 1. The maximum atomic E-state index is 9.27. The first-order valence-corrected chi connectivity index (χ1v) is 7.53. The summed E-state index contributed by atoms with van der Waals surface area (Å²) in [6, 6.07) is 11.7. The Kier molecular flexibility index (Phi) is 3.02. The molecule has 5 heteroatoms. The third kappa shape index (κ3) is 2.02. The average molecular weight is 309 g/mol. The molecule has 0 radical (unpaired) electrons. The van der Waals surface area contributed by atoms with Gasteiger partial charge in [-0.3, -0.25) is 0 Å². The molecule has 3 heterocycles. The second-order valence-corrected chi connectivity index (χ2v) is 5.87. The van der Waals surface area contributed by atoms with Gasteiger partial charge < -0.3 is 9.88 Å². The summed E-state index contributed by atoms with van der Waals surface area (Å²) in [5.41, 5.74) is 4.22. The van der Waals surface area contributed by atoms with Gasteiger partial charge in [-0.25, -0.2) is 4.98 Å². The van der Waals surface area contributed by atoms with Crippen LogP contribution >= 0.6 is 11.6 Å². The predicted octanol–water partition coefficient (Wildman–Crippen LogP) is 3.65. The van der Waals surface area contributed by atoms with Crippen molar-refractivity contribution in [2.24, 2.45) is 0 Å². The second kappa shape index (κ2) is 5.04. The van der Waals surface area contributed by atoms with Gasteiger partial charge >= 0.3 is 0 Å². The largest absolute Gasteiger partial charge is 0.358 e. The second-order valence-electron chi connectivity index (χ2n) is 5.43. The van der Waals surface area contributed by atoms with Gasteiger partial charge in [0.25, 0.3) is 0 Å². The smallest absolute Gasteiger partial charge is 0.146 e. The van der Waals surface area contributed by atoms with E-state index in [0.29, 0.717) is 5.56 Å². The molecule has 0 saturated carbocycles. The van der Waals surface area contributed by atoms with Crippen LogP contribution in [0.5, 0.6) is 0 Å². The van der Waals surface area contributed by atoms with Crippen LogP contribution in [-0.2, 0) is 13.0 Å². The Morgan fingerprint density at radius 2 is 2.23 bits per heavy atom. The predicted molar refractivity (Wildman–Crippen MR) is 87.0 cm³/mol. The van der Waals surface area contributed by atoms with E-state index in [1.807, 2.05) is 24.3 Å². The highest BCUT2D eigenvalue weighted by Crippen LogP contribution is 2.31. The molecule has 0 unspecified atom stereocenters. The van der Waals surface area contributed by atoms with Crippen molar-refractivity contribution in [3.63, 3.8) is 0 Å². The molecule has 0 atom stereocenters. The molecule has 1 N–H and O–H groups in total. The molecule has 1 aliphatic rings. The van der Waals surface area contributed by atoms with Crippen molar-refractivity contribution in [1.29, 1.82) is 5.26 Å². The molecule has 0 spiro atoms. The molecule has 0 saturated heterocycles. The Bertz CT molecular complexity index is 907. The number of hydrogen-bond donors (Lipinski definition) is 1. The van der Waals surface area contributed by atoms with E-state index in [0.717, 1.165) is 41.3 Å². The fraction of sp³-hybridized carbons (Fsp3) is 0.176. The Labute approximate surface area is 133 Å². The van der Waals surface area contributed by atoms with Crippen LogP contribution in [0.25, 0.3) is 10.9 Å². The molecule has 3 aromatic rings. The lowest BCUT2D eigenvalue weighted by Gasteiger charge is -2.28. The highest BCUT2D eigenvalue weighted by molar-refractivity contribution is 6.31. The number of fused-ring (bicyclic) bond motifs is 3. The van der Waals surface area contributed by atoms with Crippen LogP contribution in [0.4, 0.5) is 5.82 Å². The van der Waals surface area contributed by atoms with E-state index in [9.17, 15) is 5.26 Å². The summed E-state index contributed by atoms with van der Waals surface area (Å²) < 4.78 is 0. The summed E-state index contributed by atoms with van der Waals surface area (Å²) in [7, 11) is 0. The maximum Gasteiger partial charge on any atom is 0.146 e. The van der Waals surface area contributed by atoms with Crippen LogP contribution in [0.1, 0.15) is 16.8 Å². The molecule has 1 aromatic carbocycles. The summed E-state index contributed by atoms with van der Waals surface area (Å²) in [5.74, 6) is 0.757. The highest BCUT2D eigenvalue weighted by Gasteiger charge is 2.23. The summed E-state index contributed by atoms with van der Waals surface area (Å²) >= 11 is 6.14. The van der Waals surface area contributed by atoms with Gasteiger partial charge in [0.15, 0.2) is 0 Å². The van der Waals surface area contributed by atoms with Gasteiger partial charge in [0.1, 0.15) is 11.9 Å². The number of nitrogens with zero attached hydrogens (tertiary/aromatic N) is 3. The summed E-state index contributed by atoms with van der Waals surface area (Å²) in [4.78, 5) is 10.0. The van der Waals surface area contributed by atoms with Crippen molar-refractivity contribution in [1.82, 2.24) is 9.97 Å². The normalized spacial score (nSPS) is 13.9. The van der Waals surface area contributed by atoms with Crippen molar-refractivity contribution in [2.75, 3.05) is 11.4 Å². The molecule has 2 aromatic heterocycles. The molecule has 4 nitrogen and oxygen atoms in total. The maximum absolute atomic E-state index is 9.27. The average Bonchev–Trinajstić information content (AvgIpc) is 2.92. The molecule has 22 heavy (non-hydrogen) atoms. The third-order valence-electron chi connectivity index (χ3n) is 4.14. The third-order valence-corrected chi connectivity index (χ3v) is 4.38. The molecular weight excluding hydrogens is 296 g/mol. The number of aromatic amines is 1. The number of aromatic nitrogens is 2. The van der Waals surface area contributed by atoms with Crippen molar-refractivity contribution >= 4 is 28.3 Å². The lowest BCUT2D eigenvalue weighted by Crippen LogP contribution is -2.31. The molecule has 0 aliphatic carbocycles. The standard InChI is InChI=1S/C17H13ClN4/c18-12-3-4-15-13(8-12)14-10-22(7-5-16(14)21-15)17-11(9-19)2-1-6-20-17/h1-4,6,8,21H,5,7,10H2. The van der Waals surface area contributed by atoms with Gasteiger partial charge in [0, 0.05) is 52.9 Å². The molecule has 0 amide bonds. The number of hydrogen-bond acceptors (Lipinski definition) is 3. The number of benzene rings is 1. The number of pyridine rings is 1. The van der Waals surface area contributed by atoms with Gasteiger partial charge in [0.05, 0.1) is 5.56 Å². The van der Waals surface area contributed by atoms with Crippen molar-refractivity contribution in [3.8, 4) is 6.07 Å². The topological polar surface area (TPSA) is 55.7 Å². The lowest BCUT2D eigenvalue weighted by atomic mass is 10.0. The van der Waals surface area contributed by atoms with Crippen LogP contribution < -0.4 is 4.90 Å². The first-order valence-electron chi connectivity index (χ1n) is 7.15. The van der Waals surface area contributed by atoms with Crippen LogP contribution in [0.3, 0.4) is 0 Å². The zero-order valence-electron chi connectivity index (χ0n) is 11.8. The summed E-state index contributed by atoms with van der Waals surface area (Å²) in [6.45, 7) is 1.58. The number of halogens is 1. The van der Waals surface area contributed by atoms with Gasteiger partial charge in [-0.05, 0) is 30.3 Å². The summed E-state index contributed by atoms with van der Waals surface area (Å²) in [5, 5.41) is 11.2. The first-order chi connectivity index (χ1) is 10.8. The lowest BCUT2D eigenvalue weighted by molar-refractivity contribution is 0.715. The molecule has 108 valence electrons. The van der Waals surface area contributed by atoms with Gasteiger partial charge in [-0.15, -0.1) is 0 Å². The van der Waals surface area contributed by atoms with Gasteiger partial charge in [-0.1, -0.05) is 11.6 Å². The number of nitrogens with one attached hydrogen (secondary N) is 1. The van der Waals surface area contributed by atoms with Gasteiger partial charge in [0.2, 0.25) is 0 Å². The van der Waals surface area contributed by atoms with Crippen LogP contribution in [-0.4, -0.2) is 16.5 Å². The highest BCUT2D eigenvalue weighted by atomic mass is 35.5. The van der Waals surface area contributed by atoms with E-state index in [-0.39, 0.29) is 0 Å². The Morgan fingerprint density at radius 1 is 1.32 bits per heavy atom. The van der Waals surface area contributed by atoms with Crippen LogP contribution in [0, 0.1) is 11.3 Å². The fourth-order valence-electron chi connectivity index (χ4n) is 3.10. The van der Waals surface area contributed by atoms with Crippen molar-refractivity contribution in [2.45, 2.75) is 13.0 Å². The Balaban J connectivity index is 1.79. The molecule has 4 rings (SSSR count). The van der Waals surface area contributed by atoms with Gasteiger partial charge in [-0.2, -0.15) is 5.26 Å². The van der Waals surface area contributed by atoms with E-state index in [4.69, 9.17) is 11.6 Å². The number of H-pyrrole nitrogens is 1. The molecule has 0 bridgehead atoms. The zero-order chi connectivity index (χ0) is 15.1. The minimum atomic E-state index is 0.615. The summed E-state index contributed by atoms with van der Waals surface area (Å²) in [6.07, 6.45) is 2.64. The van der Waals surface area contributed by atoms with E-state index in [1.54, 1.807) is 12.3 Å². The monoisotopic (exact) mass is 308 g/mol. The molecule has 1 aliphatic heterocycles. The molecule has 0 fully saturated rings. The van der Waals surface area contributed by atoms with Crippen molar-refractivity contribution < 1.29 is 0 Å². The zero-order valence-corrected chi connectivity index (χ0v) is 12.6. The van der Waals surface area contributed by atoms with Crippen LogP contribution in [0.2, 0.25) is 5.02 Å². The number of rotatable bonds is 1. The van der Waals surface area contributed by atoms with Crippen molar-refractivity contribution in [3.05, 3.63) is 58.4 Å². The minimum absolute atomic E-state index is 0.615. The minimum Gasteiger partial charge on any atom is -0.358 e. The van der Waals surface area contributed by atoms with Crippen LogP contribution in [0.15, 0.2) is 36.5 Å². The Morgan fingerprint density at radius 3 is 3.09 bits per heavy atom. The van der Waals surface area contributed by atoms with E-state index >= 15 is 0 Å². The first kappa shape index (κ1) is 13.2. The van der Waals surface area contributed by atoms with E-state index in [2.05, 4.69) is 20.9 Å². The number of nitriles is 1. The molecular formula is C17H13ClN4.